The third kappa shape index (κ3) is 6.35. The van der Waals surface area contributed by atoms with Gasteiger partial charge in [0.25, 0.3) is 0 Å². The van der Waals surface area contributed by atoms with E-state index in [4.69, 9.17) is 0 Å². The monoisotopic (exact) mass is 411 g/mol. The van der Waals surface area contributed by atoms with Crippen molar-refractivity contribution in [2.45, 2.75) is 31.6 Å². The molecular formula is C13H22IN3S2. The van der Waals surface area contributed by atoms with Gasteiger partial charge in [0.05, 0.1) is 6.54 Å². The summed E-state index contributed by atoms with van der Waals surface area (Å²) in [6.07, 6.45) is 2.70. The number of hydrogen-bond acceptors (Lipinski definition) is 3. The van der Waals surface area contributed by atoms with Gasteiger partial charge >= 0.3 is 0 Å². The smallest absolute Gasteiger partial charge is 0.191 e. The first-order valence-corrected chi connectivity index (χ1v) is 8.52. The molecule has 1 unspecified atom stereocenters. The van der Waals surface area contributed by atoms with Crippen LogP contribution >= 0.6 is 47.1 Å². The van der Waals surface area contributed by atoms with Gasteiger partial charge in [0.1, 0.15) is 0 Å². The van der Waals surface area contributed by atoms with Gasteiger partial charge in [-0.2, -0.15) is 23.1 Å². The number of nitrogens with zero attached hydrogens (tertiary/aromatic N) is 1. The Bertz CT molecular complexity index is 362. The Kier molecular flexibility index (Phi) is 8.89. The first-order chi connectivity index (χ1) is 8.88. The van der Waals surface area contributed by atoms with Crippen molar-refractivity contribution >= 4 is 53.0 Å². The van der Waals surface area contributed by atoms with Gasteiger partial charge in [-0.25, -0.2) is 4.99 Å². The van der Waals surface area contributed by atoms with Gasteiger partial charge in [-0.15, -0.1) is 24.0 Å². The van der Waals surface area contributed by atoms with Crippen LogP contribution in [0.25, 0.3) is 0 Å². The molecule has 0 spiro atoms. The molecule has 2 heterocycles. The molecule has 0 radical (unpaired) electrons. The zero-order valence-corrected chi connectivity index (χ0v) is 15.2. The number of halogens is 1. The summed E-state index contributed by atoms with van der Waals surface area (Å²) in [5.74, 6) is 2.26. The minimum Gasteiger partial charge on any atom is -0.357 e. The quantitative estimate of drug-likeness (QED) is 0.444. The van der Waals surface area contributed by atoms with Crippen molar-refractivity contribution in [1.82, 2.24) is 10.6 Å². The van der Waals surface area contributed by atoms with Crippen LogP contribution in [0.1, 0.15) is 25.3 Å². The Morgan fingerprint density at radius 1 is 1.47 bits per heavy atom. The first kappa shape index (κ1) is 17.1. The summed E-state index contributed by atoms with van der Waals surface area (Å²) in [6, 6.07) is 2.13. The molecule has 1 aliphatic heterocycles. The fourth-order valence-corrected chi connectivity index (χ4v) is 3.77. The van der Waals surface area contributed by atoms with E-state index < -0.39 is 0 Å². The number of nitrogens with one attached hydrogen (secondary N) is 2. The molecule has 0 aliphatic carbocycles. The number of aliphatic imine (C=N–C) groups is 1. The zero-order valence-electron chi connectivity index (χ0n) is 11.2. The van der Waals surface area contributed by atoms with Gasteiger partial charge in [0.15, 0.2) is 5.96 Å². The second kappa shape index (κ2) is 9.88. The van der Waals surface area contributed by atoms with Gasteiger partial charge in [0.2, 0.25) is 0 Å². The molecule has 3 nitrogen and oxygen atoms in total. The van der Waals surface area contributed by atoms with Crippen LogP contribution in [-0.2, 0) is 6.54 Å². The standard InChI is InChI=1S/C13H21N3S2.HI/c1-2-14-13(15-8-11-5-7-17-10-11)16-9-12-4-3-6-18-12;/h5,7,10,12H,2-4,6,8-9H2,1H3,(H2,14,15,16);1H. The van der Waals surface area contributed by atoms with Crippen LogP contribution in [0.3, 0.4) is 0 Å². The number of thioether (sulfide) groups is 1. The Hall–Kier alpha value is 0.0500. The van der Waals surface area contributed by atoms with E-state index in [0.29, 0.717) is 0 Å². The Morgan fingerprint density at radius 2 is 2.37 bits per heavy atom. The van der Waals surface area contributed by atoms with Crippen LogP contribution in [0, 0.1) is 0 Å². The topological polar surface area (TPSA) is 36.4 Å². The summed E-state index contributed by atoms with van der Waals surface area (Å²) in [5.41, 5.74) is 1.28. The molecule has 0 aromatic carbocycles. The highest BCUT2D eigenvalue weighted by Gasteiger charge is 2.15. The second-order valence-corrected chi connectivity index (χ2v) is 6.53. The van der Waals surface area contributed by atoms with Gasteiger partial charge in [-0.3, -0.25) is 0 Å². The van der Waals surface area contributed by atoms with E-state index >= 15 is 0 Å². The highest BCUT2D eigenvalue weighted by atomic mass is 127. The predicted molar refractivity (Wildman–Crippen MR) is 98.0 cm³/mol. The van der Waals surface area contributed by atoms with Gasteiger partial charge < -0.3 is 10.6 Å². The largest absolute Gasteiger partial charge is 0.357 e. The van der Waals surface area contributed by atoms with Crippen LogP contribution in [-0.4, -0.2) is 30.1 Å². The molecular weight excluding hydrogens is 389 g/mol. The summed E-state index contributed by atoms with van der Waals surface area (Å²) < 4.78 is 0. The van der Waals surface area contributed by atoms with E-state index in [1.165, 1.54) is 24.2 Å². The van der Waals surface area contributed by atoms with Crippen molar-refractivity contribution in [3.8, 4) is 0 Å². The minimum atomic E-state index is 0. The van der Waals surface area contributed by atoms with Crippen molar-refractivity contribution < 1.29 is 0 Å². The average molecular weight is 411 g/mol. The summed E-state index contributed by atoms with van der Waals surface area (Å²) in [5, 5.41) is 11.8. The molecule has 1 aromatic heterocycles. The number of rotatable bonds is 5. The van der Waals surface area contributed by atoms with Crippen molar-refractivity contribution in [3.63, 3.8) is 0 Å². The maximum atomic E-state index is 4.61. The van der Waals surface area contributed by atoms with Crippen LogP contribution in [0.4, 0.5) is 0 Å². The zero-order chi connectivity index (χ0) is 12.6. The molecule has 1 fully saturated rings. The third-order valence-electron chi connectivity index (χ3n) is 2.87. The SMILES string of the molecule is CCNC(=NCc1ccsc1)NCC1CCCS1.I. The van der Waals surface area contributed by atoms with E-state index in [2.05, 4.69) is 51.1 Å². The molecule has 1 saturated heterocycles. The van der Waals surface area contributed by atoms with Crippen LogP contribution in [0.15, 0.2) is 21.8 Å². The number of hydrogen-bond donors (Lipinski definition) is 2. The van der Waals surface area contributed by atoms with E-state index in [1.807, 2.05) is 0 Å². The average Bonchev–Trinajstić information content (AvgIpc) is 3.05. The van der Waals surface area contributed by atoms with Gasteiger partial charge in [-0.05, 0) is 47.9 Å². The van der Waals surface area contributed by atoms with E-state index in [-0.39, 0.29) is 24.0 Å². The normalized spacial score (nSPS) is 19.0. The molecule has 1 atom stereocenters. The number of guanidine groups is 1. The molecule has 1 aliphatic rings. The summed E-state index contributed by atoms with van der Waals surface area (Å²) in [7, 11) is 0. The molecule has 0 bridgehead atoms. The lowest BCUT2D eigenvalue weighted by atomic mass is 10.2. The maximum Gasteiger partial charge on any atom is 0.191 e. The summed E-state index contributed by atoms with van der Waals surface area (Å²) >= 11 is 3.80. The van der Waals surface area contributed by atoms with Crippen LogP contribution < -0.4 is 10.6 Å². The highest BCUT2D eigenvalue weighted by Crippen LogP contribution is 2.25. The molecule has 1 aromatic rings. The Morgan fingerprint density at radius 3 is 3.00 bits per heavy atom. The van der Waals surface area contributed by atoms with E-state index in [0.717, 1.165) is 30.8 Å². The van der Waals surface area contributed by atoms with Gasteiger partial charge in [-0.1, -0.05) is 0 Å². The summed E-state index contributed by atoms with van der Waals surface area (Å²) in [4.78, 5) is 4.61. The van der Waals surface area contributed by atoms with Crippen molar-refractivity contribution in [1.29, 1.82) is 0 Å². The maximum absolute atomic E-state index is 4.61. The van der Waals surface area contributed by atoms with Crippen molar-refractivity contribution in [2.75, 3.05) is 18.8 Å². The molecule has 0 amide bonds. The number of thiophene rings is 1. The first-order valence-electron chi connectivity index (χ1n) is 6.53. The van der Waals surface area contributed by atoms with Crippen LogP contribution in [0.5, 0.6) is 0 Å². The fraction of sp³-hybridized carbons (Fsp3) is 0.615. The van der Waals surface area contributed by atoms with Crippen molar-refractivity contribution in [2.24, 2.45) is 4.99 Å². The summed E-state index contributed by atoms with van der Waals surface area (Å²) in [6.45, 7) is 4.80. The lowest BCUT2D eigenvalue weighted by Gasteiger charge is -2.14. The molecule has 2 rings (SSSR count). The molecule has 2 N–H and O–H groups in total. The van der Waals surface area contributed by atoms with Crippen LogP contribution in [0.2, 0.25) is 0 Å². The Labute approximate surface area is 141 Å². The fourth-order valence-electron chi connectivity index (χ4n) is 1.91. The molecule has 108 valence electrons. The lowest BCUT2D eigenvalue weighted by molar-refractivity contribution is 0.727. The van der Waals surface area contributed by atoms with Gasteiger partial charge in [0, 0.05) is 18.3 Å². The second-order valence-electron chi connectivity index (χ2n) is 4.34. The Balaban J connectivity index is 0.00000180. The van der Waals surface area contributed by atoms with E-state index in [1.54, 1.807) is 11.3 Å². The lowest BCUT2D eigenvalue weighted by Crippen LogP contribution is -2.40. The highest BCUT2D eigenvalue weighted by molar-refractivity contribution is 14.0. The molecule has 6 heteroatoms. The third-order valence-corrected chi connectivity index (χ3v) is 5.00. The molecule has 0 saturated carbocycles. The minimum absolute atomic E-state index is 0. The van der Waals surface area contributed by atoms with E-state index in [9.17, 15) is 0 Å². The van der Waals surface area contributed by atoms with Crippen molar-refractivity contribution in [3.05, 3.63) is 22.4 Å². The molecule has 19 heavy (non-hydrogen) atoms. The predicted octanol–water partition coefficient (Wildman–Crippen LogP) is 3.32.